The Morgan fingerprint density at radius 3 is 2.33 bits per heavy atom. The van der Waals surface area contributed by atoms with Crippen molar-refractivity contribution < 1.29 is 14.7 Å². The molecule has 0 aromatic heterocycles. The van der Waals surface area contributed by atoms with Crippen molar-refractivity contribution in [3.05, 3.63) is 0 Å². The van der Waals surface area contributed by atoms with E-state index in [9.17, 15) is 9.59 Å². The van der Waals surface area contributed by atoms with Crippen LogP contribution in [-0.4, -0.2) is 36.1 Å². The lowest BCUT2D eigenvalue weighted by molar-refractivity contribution is -0.142. The van der Waals surface area contributed by atoms with Crippen molar-refractivity contribution in [2.45, 2.75) is 31.7 Å². The molecule has 0 saturated heterocycles. The fraction of sp³-hybridized carbons (Fsp3) is 0.778. The minimum absolute atomic E-state index is 0.153. The monoisotopic (exact) mass is 217 g/mol. The lowest BCUT2D eigenvalue weighted by Gasteiger charge is -2.13. The minimum Gasteiger partial charge on any atom is -0.480 e. The van der Waals surface area contributed by atoms with E-state index in [4.69, 9.17) is 16.6 Å². The number of carboxylic acid groups (broad SMARTS) is 1. The van der Waals surface area contributed by atoms with Gasteiger partial charge in [-0.2, -0.15) is 0 Å². The lowest BCUT2D eigenvalue weighted by Crippen LogP contribution is -2.41. The summed E-state index contributed by atoms with van der Waals surface area (Å²) in [5.74, 6) is -1.34. The van der Waals surface area contributed by atoms with Crippen molar-refractivity contribution in [2.24, 2.45) is 11.5 Å². The fourth-order valence-corrected chi connectivity index (χ4v) is 1.15. The largest absolute Gasteiger partial charge is 0.480 e. The van der Waals surface area contributed by atoms with Gasteiger partial charge in [0.1, 0.15) is 6.04 Å². The third kappa shape index (κ3) is 6.87. The van der Waals surface area contributed by atoms with Gasteiger partial charge in [-0.25, -0.2) is 4.79 Å². The molecule has 0 fully saturated rings. The highest BCUT2D eigenvalue weighted by molar-refractivity contribution is 5.83. The van der Waals surface area contributed by atoms with Crippen molar-refractivity contribution in [1.82, 2.24) is 5.32 Å². The van der Waals surface area contributed by atoms with Gasteiger partial charge in [0.25, 0.3) is 0 Å². The van der Waals surface area contributed by atoms with Gasteiger partial charge in [-0.05, 0) is 25.8 Å². The van der Waals surface area contributed by atoms with E-state index in [-0.39, 0.29) is 18.9 Å². The Balaban J connectivity index is 3.93. The summed E-state index contributed by atoms with van der Waals surface area (Å²) >= 11 is 0. The van der Waals surface area contributed by atoms with E-state index < -0.39 is 12.0 Å². The molecule has 0 saturated carbocycles. The van der Waals surface area contributed by atoms with Crippen LogP contribution in [0.1, 0.15) is 25.7 Å². The van der Waals surface area contributed by atoms with Gasteiger partial charge in [0.2, 0.25) is 5.91 Å². The van der Waals surface area contributed by atoms with E-state index >= 15 is 0 Å². The van der Waals surface area contributed by atoms with Crippen LogP contribution in [0.25, 0.3) is 0 Å². The van der Waals surface area contributed by atoms with E-state index in [1.54, 1.807) is 0 Å². The average Bonchev–Trinajstić information content (AvgIpc) is 2.16. The predicted molar refractivity (Wildman–Crippen MR) is 56.1 cm³/mol. The normalized spacial score (nSPS) is 12.1. The van der Waals surface area contributed by atoms with Crippen LogP contribution in [0.4, 0.5) is 0 Å². The minimum atomic E-state index is -1.02. The molecule has 0 aromatic rings. The number of carbonyl (C=O) groups is 2. The Hall–Kier alpha value is -1.14. The molecule has 6 nitrogen and oxygen atoms in total. The van der Waals surface area contributed by atoms with E-state index in [1.165, 1.54) is 0 Å². The van der Waals surface area contributed by atoms with Crippen LogP contribution in [0.2, 0.25) is 0 Å². The molecule has 0 rings (SSSR count). The molecule has 0 aliphatic rings. The first-order valence-corrected chi connectivity index (χ1v) is 5.04. The molecule has 0 aliphatic heterocycles. The number of nitrogens with two attached hydrogens (primary N) is 2. The third-order valence-corrected chi connectivity index (χ3v) is 1.95. The Morgan fingerprint density at radius 2 is 1.87 bits per heavy atom. The first kappa shape index (κ1) is 13.9. The Labute approximate surface area is 89.0 Å². The second kappa shape index (κ2) is 8.19. The summed E-state index contributed by atoms with van der Waals surface area (Å²) in [6.45, 7) is 0.754. The molecule has 15 heavy (non-hydrogen) atoms. The topological polar surface area (TPSA) is 118 Å². The number of rotatable bonds is 8. The lowest BCUT2D eigenvalue weighted by atomic mass is 10.1. The number of amides is 1. The Bertz CT molecular complexity index is 209. The predicted octanol–water partition coefficient (Wildman–Crippen LogP) is -0.966. The molecule has 0 heterocycles. The van der Waals surface area contributed by atoms with E-state index in [1.807, 2.05) is 0 Å². The van der Waals surface area contributed by atoms with Crippen LogP contribution in [0.15, 0.2) is 0 Å². The van der Waals surface area contributed by atoms with Gasteiger partial charge >= 0.3 is 5.97 Å². The second-order valence-electron chi connectivity index (χ2n) is 3.28. The molecule has 0 spiro atoms. The molecule has 1 amide bonds. The molecule has 0 bridgehead atoms. The number of hydrogen-bond acceptors (Lipinski definition) is 4. The van der Waals surface area contributed by atoms with Crippen molar-refractivity contribution >= 4 is 11.9 Å². The highest BCUT2D eigenvalue weighted by Gasteiger charge is 2.18. The number of aliphatic carboxylic acids is 1. The summed E-state index contributed by atoms with van der Waals surface area (Å²) in [5, 5.41) is 11.2. The smallest absolute Gasteiger partial charge is 0.326 e. The second-order valence-corrected chi connectivity index (χ2v) is 3.28. The molecular formula is C9H19N3O3. The van der Waals surface area contributed by atoms with Gasteiger partial charge in [-0.1, -0.05) is 0 Å². The summed E-state index contributed by atoms with van der Waals surface area (Å²) in [6, 6.07) is -0.824. The van der Waals surface area contributed by atoms with E-state index in [0.717, 1.165) is 6.42 Å². The van der Waals surface area contributed by atoms with Crippen LogP contribution in [0.5, 0.6) is 0 Å². The van der Waals surface area contributed by atoms with Gasteiger partial charge in [0.15, 0.2) is 0 Å². The first-order valence-electron chi connectivity index (χ1n) is 5.04. The van der Waals surface area contributed by atoms with Gasteiger partial charge in [0, 0.05) is 13.0 Å². The van der Waals surface area contributed by atoms with Gasteiger partial charge in [0.05, 0.1) is 0 Å². The van der Waals surface area contributed by atoms with Crippen molar-refractivity contribution in [3.63, 3.8) is 0 Å². The molecule has 0 aromatic carbocycles. The van der Waals surface area contributed by atoms with Crippen molar-refractivity contribution in [3.8, 4) is 0 Å². The number of carboxylic acids is 1. The zero-order valence-corrected chi connectivity index (χ0v) is 8.74. The van der Waals surface area contributed by atoms with Crippen LogP contribution in [0, 0.1) is 0 Å². The Kier molecular flexibility index (Phi) is 7.57. The maximum atomic E-state index is 11.1. The molecule has 0 unspecified atom stereocenters. The molecule has 0 aliphatic carbocycles. The van der Waals surface area contributed by atoms with Crippen molar-refractivity contribution in [2.75, 3.05) is 13.1 Å². The Morgan fingerprint density at radius 1 is 1.20 bits per heavy atom. The van der Waals surface area contributed by atoms with Crippen LogP contribution < -0.4 is 16.8 Å². The fourth-order valence-electron chi connectivity index (χ4n) is 1.15. The third-order valence-electron chi connectivity index (χ3n) is 1.95. The van der Waals surface area contributed by atoms with E-state index in [0.29, 0.717) is 19.4 Å². The average molecular weight is 217 g/mol. The summed E-state index contributed by atoms with van der Waals surface area (Å²) in [6.07, 6.45) is 2.01. The number of unbranched alkanes of at least 4 members (excludes halogenated alkanes) is 1. The van der Waals surface area contributed by atoms with Crippen LogP contribution >= 0.6 is 0 Å². The summed E-state index contributed by atoms with van der Waals surface area (Å²) in [7, 11) is 0. The first-order chi connectivity index (χ1) is 7.11. The molecule has 6 N–H and O–H groups in total. The highest BCUT2D eigenvalue weighted by atomic mass is 16.4. The maximum absolute atomic E-state index is 11.1. The van der Waals surface area contributed by atoms with E-state index in [2.05, 4.69) is 5.32 Å². The summed E-state index contributed by atoms with van der Waals surface area (Å²) in [5.41, 5.74) is 10.5. The summed E-state index contributed by atoms with van der Waals surface area (Å²) in [4.78, 5) is 21.9. The van der Waals surface area contributed by atoms with Gasteiger partial charge in [-0.15, -0.1) is 0 Å². The quantitative estimate of drug-likeness (QED) is 0.390. The van der Waals surface area contributed by atoms with Gasteiger partial charge < -0.3 is 21.9 Å². The number of nitrogens with one attached hydrogen (secondary N) is 1. The number of hydrogen-bond donors (Lipinski definition) is 4. The van der Waals surface area contributed by atoms with Crippen molar-refractivity contribution in [1.29, 1.82) is 0 Å². The van der Waals surface area contributed by atoms with Crippen LogP contribution in [-0.2, 0) is 9.59 Å². The van der Waals surface area contributed by atoms with Crippen LogP contribution in [0.3, 0.4) is 0 Å². The van der Waals surface area contributed by atoms with Gasteiger partial charge in [-0.3, -0.25) is 4.79 Å². The zero-order valence-electron chi connectivity index (χ0n) is 8.74. The standard InChI is InChI=1S/C9H19N3O3/c10-5-2-1-3-7(9(14)15)12-8(13)4-6-11/h7H,1-6,10-11H2,(H,12,13)(H,14,15)/t7-/m1/s1. The molecule has 1 atom stereocenters. The summed E-state index contributed by atoms with van der Waals surface area (Å²) < 4.78 is 0. The molecule has 6 heteroatoms. The molecular weight excluding hydrogens is 198 g/mol. The maximum Gasteiger partial charge on any atom is 0.326 e. The molecule has 88 valence electrons. The number of carbonyl (C=O) groups excluding carboxylic acids is 1. The zero-order chi connectivity index (χ0) is 11.7. The SMILES string of the molecule is NCCCC[C@@H](NC(=O)CCN)C(=O)O. The molecule has 0 radical (unpaired) electrons. The highest BCUT2D eigenvalue weighted by Crippen LogP contribution is 2.00.